The minimum Gasteiger partial charge on any atom is -0.495 e. The predicted octanol–water partition coefficient (Wildman–Crippen LogP) is 2.92. The molecular weight excluding hydrogens is 233 g/mol. The van der Waals surface area contributed by atoms with Crippen LogP contribution in [0.4, 0.5) is 19.0 Å². The Morgan fingerprint density at radius 2 is 2.13 bits per heavy atom. The highest BCUT2D eigenvalue weighted by molar-refractivity contribution is 6.67. The summed E-state index contributed by atoms with van der Waals surface area (Å²) in [5.41, 5.74) is 0. The summed E-state index contributed by atoms with van der Waals surface area (Å²) in [5.74, 6) is 0.301. The smallest absolute Gasteiger partial charge is 0.444 e. The van der Waals surface area contributed by atoms with Gasteiger partial charge in [0, 0.05) is 0 Å². The van der Waals surface area contributed by atoms with E-state index in [0.29, 0.717) is 5.75 Å². The van der Waals surface area contributed by atoms with Gasteiger partial charge < -0.3 is 4.74 Å². The van der Waals surface area contributed by atoms with Gasteiger partial charge in [-0.15, -0.1) is 0 Å². The molecule has 0 bridgehead atoms. The zero-order valence-electron chi connectivity index (χ0n) is 7.55. The number of alkyl halides is 3. The molecule has 82 valence electrons. The van der Waals surface area contributed by atoms with E-state index in [2.05, 4.69) is 9.98 Å². The van der Waals surface area contributed by atoms with Gasteiger partial charge in [-0.25, -0.2) is 9.98 Å². The Hall–Kier alpha value is -1.30. The fourth-order valence-corrected chi connectivity index (χ4v) is 0.810. The minimum atomic E-state index is -4.65. The molecule has 1 rings (SSSR count). The second kappa shape index (κ2) is 4.48. The van der Waals surface area contributed by atoms with Gasteiger partial charge in [-0.3, -0.25) is 0 Å². The summed E-state index contributed by atoms with van der Waals surface area (Å²) < 4.78 is 40.7. The van der Waals surface area contributed by atoms with Crippen LogP contribution in [-0.2, 0) is 0 Å². The molecule has 0 aliphatic heterocycles. The van der Waals surface area contributed by atoms with Crippen LogP contribution in [0.15, 0.2) is 23.3 Å². The largest absolute Gasteiger partial charge is 0.495 e. The van der Waals surface area contributed by atoms with Gasteiger partial charge in [-0.05, 0) is 12.1 Å². The standard InChI is InChI=1S/C8H6ClF3N2O/c1-15-5-2-3-6(13-4-5)14-7(9)8(10,11)12/h2-4H,1H3. The lowest BCUT2D eigenvalue weighted by atomic mass is 10.4. The van der Waals surface area contributed by atoms with Crippen LogP contribution in [0.2, 0.25) is 0 Å². The topological polar surface area (TPSA) is 34.5 Å². The summed E-state index contributed by atoms with van der Waals surface area (Å²) in [5, 5.41) is -1.46. The van der Waals surface area contributed by atoms with Crippen molar-refractivity contribution >= 4 is 22.6 Å². The summed E-state index contributed by atoms with van der Waals surface area (Å²) >= 11 is 4.92. The van der Waals surface area contributed by atoms with Crippen LogP contribution in [0.25, 0.3) is 0 Å². The van der Waals surface area contributed by atoms with E-state index in [1.54, 1.807) is 0 Å². The summed E-state index contributed by atoms with van der Waals surface area (Å²) in [7, 11) is 1.42. The van der Waals surface area contributed by atoms with Crippen molar-refractivity contribution < 1.29 is 17.9 Å². The number of hydrogen-bond donors (Lipinski definition) is 0. The average Bonchev–Trinajstić information content (AvgIpc) is 2.17. The van der Waals surface area contributed by atoms with E-state index in [9.17, 15) is 13.2 Å². The molecular formula is C8H6ClF3N2O. The van der Waals surface area contributed by atoms with E-state index in [1.165, 1.54) is 25.4 Å². The van der Waals surface area contributed by atoms with Crippen LogP contribution >= 0.6 is 11.6 Å². The number of methoxy groups -OCH3 is 1. The highest BCUT2D eigenvalue weighted by atomic mass is 35.5. The van der Waals surface area contributed by atoms with Crippen LogP contribution in [0, 0.1) is 0 Å². The van der Waals surface area contributed by atoms with Crippen molar-refractivity contribution in [3.63, 3.8) is 0 Å². The van der Waals surface area contributed by atoms with Gasteiger partial charge >= 0.3 is 6.18 Å². The molecule has 0 aliphatic carbocycles. The van der Waals surface area contributed by atoms with Crippen LogP contribution in [-0.4, -0.2) is 23.4 Å². The van der Waals surface area contributed by atoms with Crippen molar-refractivity contribution in [3.8, 4) is 5.75 Å². The van der Waals surface area contributed by atoms with Gasteiger partial charge in [0.1, 0.15) is 5.75 Å². The third-order valence-corrected chi connectivity index (χ3v) is 1.70. The maximum atomic E-state index is 12.0. The Kier molecular flexibility index (Phi) is 3.52. The number of halogens is 4. The van der Waals surface area contributed by atoms with E-state index in [0.717, 1.165) is 0 Å². The maximum absolute atomic E-state index is 12.0. The molecule has 0 atom stereocenters. The lowest BCUT2D eigenvalue weighted by Gasteiger charge is -2.03. The molecule has 0 aliphatic rings. The molecule has 0 fully saturated rings. The number of nitrogens with zero attached hydrogens (tertiary/aromatic N) is 2. The molecule has 1 aromatic heterocycles. The number of aliphatic imine (C=N–C) groups is 1. The number of aromatic nitrogens is 1. The Balaban J connectivity index is 2.89. The third-order valence-electron chi connectivity index (χ3n) is 1.40. The first kappa shape index (κ1) is 11.8. The van der Waals surface area contributed by atoms with E-state index in [1.807, 2.05) is 0 Å². The van der Waals surface area contributed by atoms with Crippen molar-refractivity contribution in [2.75, 3.05) is 7.11 Å². The Bertz CT molecular complexity index is 361. The van der Waals surface area contributed by atoms with Gasteiger partial charge in [0.05, 0.1) is 13.3 Å². The lowest BCUT2D eigenvalue weighted by molar-refractivity contribution is -0.0558. The molecule has 0 N–H and O–H groups in total. The molecule has 0 unspecified atom stereocenters. The van der Waals surface area contributed by atoms with E-state index < -0.39 is 11.3 Å². The molecule has 0 radical (unpaired) electrons. The molecule has 0 spiro atoms. The summed E-state index contributed by atoms with van der Waals surface area (Å²) in [6, 6.07) is 2.71. The van der Waals surface area contributed by atoms with Crippen LogP contribution in [0.3, 0.4) is 0 Å². The van der Waals surface area contributed by atoms with Gasteiger partial charge in [0.25, 0.3) is 0 Å². The molecule has 0 saturated carbocycles. The van der Waals surface area contributed by atoms with Gasteiger partial charge in [-0.2, -0.15) is 13.2 Å². The highest BCUT2D eigenvalue weighted by Crippen LogP contribution is 2.23. The predicted molar refractivity (Wildman–Crippen MR) is 49.8 cm³/mol. The quantitative estimate of drug-likeness (QED) is 0.743. The molecule has 15 heavy (non-hydrogen) atoms. The first-order valence-corrected chi connectivity index (χ1v) is 4.12. The first-order chi connectivity index (χ1) is 6.93. The van der Waals surface area contributed by atoms with Crippen molar-refractivity contribution in [2.24, 2.45) is 4.99 Å². The second-order valence-electron chi connectivity index (χ2n) is 2.46. The van der Waals surface area contributed by atoms with Crippen LogP contribution < -0.4 is 4.74 Å². The SMILES string of the molecule is COc1ccc(N=C(Cl)C(F)(F)F)nc1. The van der Waals surface area contributed by atoms with Gasteiger partial charge in [-0.1, -0.05) is 11.6 Å². The van der Waals surface area contributed by atoms with Crippen molar-refractivity contribution in [3.05, 3.63) is 18.3 Å². The highest BCUT2D eigenvalue weighted by Gasteiger charge is 2.34. The van der Waals surface area contributed by atoms with Crippen LogP contribution in [0.5, 0.6) is 5.75 Å². The molecule has 3 nitrogen and oxygen atoms in total. The summed E-state index contributed by atoms with van der Waals surface area (Å²) in [6.45, 7) is 0. The number of ether oxygens (including phenoxy) is 1. The molecule has 0 saturated heterocycles. The number of hydrogen-bond acceptors (Lipinski definition) is 3. The molecule has 0 aromatic carbocycles. The maximum Gasteiger partial charge on any atom is 0.444 e. The fraction of sp³-hybridized carbons (Fsp3) is 0.250. The van der Waals surface area contributed by atoms with Crippen molar-refractivity contribution in [1.82, 2.24) is 4.98 Å². The van der Waals surface area contributed by atoms with E-state index in [-0.39, 0.29) is 5.82 Å². The van der Waals surface area contributed by atoms with Crippen molar-refractivity contribution in [2.45, 2.75) is 6.18 Å². The van der Waals surface area contributed by atoms with Crippen molar-refractivity contribution in [1.29, 1.82) is 0 Å². The minimum absolute atomic E-state index is 0.127. The Labute approximate surface area is 88.6 Å². The summed E-state index contributed by atoms with van der Waals surface area (Å²) in [6.07, 6.45) is -3.40. The zero-order chi connectivity index (χ0) is 11.5. The molecule has 0 amide bonds. The third kappa shape index (κ3) is 3.39. The number of pyridine rings is 1. The van der Waals surface area contributed by atoms with Gasteiger partial charge in [0.15, 0.2) is 5.82 Å². The lowest BCUT2D eigenvalue weighted by Crippen LogP contribution is -2.16. The van der Waals surface area contributed by atoms with Crippen LogP contribution in [0.1, 0.15) is 0 Å². The first-order valence-electron chi connectivity index (χ1n) is 3.75. The molecule has 1 aromatic rings. The number of rotatable bonds is 2. The van der Waals surface area contributed by atoms with E-state index in [4.69, 9.17) is 16.3 Å². The monoisotopic (exact) mass is 238 g/mol. The van der Waals surface area contributed by atoms with Gasteiger partial charge in [0.2, 0.25) is 5.17 Å². The fourth-order valence-electron chi connectivity index (χ4n) is 0.723. The normalized spacial score (nSPS) is 12.7. The Morgan fingerprint density at radius 1 is 1.47 bits per heavy atom. The van der Waals surface area contributed by atoms with E-state index >= 15 is 0 Å². The molecule has 1 heterocycles. The summed E-state index contributed by atoms with van der Waals surface area (Å²) in [4.78, 5) is 6.70. The zero-order valence-corrected chi connectivity index (χ0v) is 8.30. The Morgan fingerprint density at radius 3 is 2.53 bits per heavy atom. The molecule has 7 heteroatoms. The average molecular weight is 239 g/mol. The second-order valence-corrected chi connectivity index (χ2v) is 2.81.